The van der Waals surface area contributed by atoms with E-state index in [2.05, 4.69) is 20.4 Å². The minimum atomic E-state index is 0.765. The van der Waals surface area contributed by atoms with Crippen LogP contribution in [0.15, 0.2) is 18.5 Å². The van der Waals surface area contributed by atoms with E-state index in [9.17, 15) is 0 Å². The van der Waals surface area contributed by atoms with Crippen LogP contribution in [0.1, 0.15) is 18.7 Å². The minimum Gasteiger partial charge on any atom is -0.341 e. The molecule has 2 aromatic heterocycles. The monoisotopic (exact) mass is 231 g/mol. The highest BCUT2D eigenvalue weighted by Crippen LogP contribution is 2.18. The number of hydrogen-bond acceptors (Lipinski definition) is 3. The molecule has 1 aliphatic rings. The number of rotatable bonds is 5. The highest BCUT2D eigenvalue weighted by Gasteiger charge is 2.19. The molecular weight excluding hydrogens is 214 g/mol. The van der Waals surface area contributed by atoms with E-state index >= 15 is 0 Å². The third-order valence-electron chi connectivity index (χ3n) is 3.10. The minimum absolute atomic E-state index is 0.765. The molecule has 0 atom stereocenters. The molecule has 0 spiro atoms. The Morgan fingerprint density at radius 1 is 1.53 bits per heavy atom. The molecule has 0 radical (unpaired) electrons. The van der Waals surface area contributed by atoms with Gasteiger partial charge >= 0.3 is 0 Å². The Morgan fingerprint density at radius 2 is 2.41 bits per heavy atom. The maximum atomic E-state index is 4.39. The molecular formula is C12H17N5. The Morgan fingerprint density at radius 3 is 3.12 bits per heavy atom. The first-order chi connectivity index (χ1) is 8.33. The lowest BCUT2D eigenvalue weighted by Gasteiger charge is -2.00. The van der Waals surface area contributed by atoms with Crippen LogP contribution in [0.4, 0.5) is 0 Å². The van der Waals surface area contributed by atoms with Gasteiger partial charge in [0.2, 0.25) is 0 Å². The third kappa shape index (κ3) is 2.39. The summed E-state index contributed by atoms with van der Waals surface area (Å²) < 4.78 is 1.85. The van der Waals surface area contributed by atoms with Crippen LogP contribution in [0.5, 0.6) is 0 Å². The van der Waals surface area contributed by atoms with Crippen molar-refractivity contribution < 1.29 is 0 Å². The lowest BCUT2D eigenvalue weighted by atomic mass is 10.3. The molecule has 0 saturated heterocycles. The highest BCUT2D eigenvalue weighted by atomic mass is 15.3. The second kappa shape index (κ2) is 4.33. The van der Waals surface area contributed by atoms with Gasteiger partial charge in [0.15, 0.2) is 0 Å². The van der Waals surface area contributed by atoms with Crippen molar-refractivity contribution in [3.8, 4) is 11.4 Å². The fourth-order valence-electron chi connectivity index (χ4n) is 1.94. The first kappa shape index (κ1) is 10.5. The summed E-state index contributed by atoms with van der Waals surface area (Å²) in [4.78, 5) is 7.73. The summed E-state index contributed by atoms with van der Waals surface area (Å²) in [6.07, 6.45) is 7.29. The van der Waals surface area contributed by atoms with Gasteiger partial charge in [-0.3, -0.25) is 4.68 Å². The molecule has 0 aliphatic heterocycles. The Labute approximate surface area is 100 Å². The van der Waals surface area contributed by atoms with Crippen molar-refractivity contribution in [1.82, 2.24) is 25.1 Å². The molecule has 90 valence electrons. The molecule has 0 aromatic carbocycles. The van der Waals surface area contributed by atoms with Crippen LogP contribution >= 0.6 is 0 Å². The molecule has 0 unspecified atom stereocenters. The number of nitrogens with zero attached hydrogens (tertiary/aromatic N) is 3. The summed E-state index contributed by atoms with van der Waals surface area (Å²) in [7, 11) is 1.94. The predicted octanol–water partition coefficient (Wildman–Crippen LogP) is 1.10. The standard InChI is InChI=1S/C12H17N5/c1-17-11(4-7-15-17)10-8-14-12(16-10)5-6-13-9-2-3-9/h4,7-9,13H,2-3,5-6H2,1H3,(H,14,16). The zero-order chi connectivity index (χ0) is 11.7. The van der Waals surface area contributed by atoms with Crippen molar-refractivity contribution in [2.24, 2.45) is 7.05 Å². The number of aromatic amines is 1. The van der Waals surface area contributed by atoms with Crippen LogP contribution < -0.4 is 5.32 Å². The average Bonchev–Trinajstić information content (AvgIpc) is 2.85. The Balaban J connectivity index is 1.63. The van der Waals surface area contributed by atoms with Gasteiger partial charge in [0.05, 0.1) is 17.6 Å². The summed E-state index contributed by atoms with van der Waals surface area (Å²) in [6.45, 7) is 1.00. The number of aromatic nitrogens is 4. The van der Waals surface area contributed by atoms with E-state index in [1.807, 2.05) is 24.0 Å². The van der Waals surface area contributed by atoms with E-state index in [1.165, 1.54) is 12.8 Å². The van der Waals surface area contributed by atoms with Crippen molar-refractivity contribution in [1.29, 1.82) is 0 Å². The quantitative estimate of drug-likeness (QED) is 0.810. The molecule has 1 saturated carbocycles. The molecule has 1 aliphatic carbocycles. The van der Waals surface area contributed by atoms with Gasteiger partial charge in [0.1, 0.15) is 5.82 Å². The van der Waals surface area contributed by atoms with Crippen LogP contribution in [0.2, 0.25) is 0 Å². The van der Waals surface area contributed by atoms with E-state index in [-0.39, 0.29) is 0 Å². The topological polar surface area (TPSA) is 58.5 Å². The van der Waals surface area contributed by atoms with E-state index in [0.29, 0.717) is 0 Å². The van der Waals surface area contributed by atoms with Gasteiger partial charge in [-0.2, -0.15) is 5.10 Å². The molecule has 0 amide bonds. The summed E-state index contributed by atoms with van der Waals surface area (Å²) >= 11 is 0. The molecule has 3 rings (SSSR count). The Bertz CT molecular complexity index is 494. The molecule has 17 heavy (non-hydrogen) atoms. The van der Waals surface area contributed by atoms with Crippen molar-refractivity contribution in [2.45, 2.75) is 25.3 Å². The highest BCUT2D eigenvalue weighted by molar-refractivity contribution is 5.52. The smallest absolute Gasteiger partial charge is 0.107 e. The van der Waals surface area contributed by atoms with Crippen molar-refractivity contribution >= 4 is 0 Å². The van der Waals surface area contributed by atoms with Crippen LogP contribution in [0, 0.1) is 0 Å². The number of nitrogens with one attached hydrogen (secondary N) is 2. The molecule has 1 fully saturated rings. The summed E-state index contributed by atoms with van der Waals surface area (Å²) in [6, 6.07) is 2.75. The van der Waals surface area contributed by atoms with Gasteiger partial charge in [0, 0.05) is 32.3 Å². The normalized spacial score (nSPS) is 15.4. The maximum absolute atomic E-state index is 4.39. The van der Waals surface area contributed by atoms with Crippen LogP contribution in [0.3, 0.4) is 0 Å². The number of hydrogen-bond donors (Lipinski definition) is 2. The Kier molecular flexibility index (Phi) is 2.68. The Hall–Kier alpha value is -1.62. The van der Waals surface area contributed by atoms with E-state index in [1.54, 1.807) is 6.20 Å². The van der Waals surface area contributed by atoms with Gasteiger partial charge in [-0.25, -0.2) is 4.98 Å². The largest absolute Gasteiger partial charge is 0.341 e. The lowest BCUT2D eigenvalue weighted by molar-refractivity contribution is 0.669. The third-order valence-corrected chi connectivity index (χ3v) is 3.10. The maximum Gasteiger partial charge on any atom is 0.107 e. The van der Waals surface area contributed by atoms with Crippen LogP contribution in [-0.2, 0) is 13.5 Å². The lowest BCUT2D eigenvalue weighted by Crippen LogP contribution is -2.19. The van der Waals surface area contributed by atoms with Gasteiger partial charge in [-0.15, -0.1) is 0 Å². The zero-order valence-electron chi connectivity index (χ0n) is 9.98. The first-order valence-electron chi connectivity index (χ1n) is 6.08. The van der Waals surface area contributed by atoms with Crippen molar-refractivity contribution in [3.63, 3.8) is 0 Å². The van der Waals surface area contributed by atoms with E-state index in [0.717, 1.165) is 36.2 Å². The van der Waals surface area contributed by atoms with Gasteiger partial charge < -0.3 is 10.3 Å². The van der Waals surface area contributed by atoms with Gasteiger partial charge in [-0.05, 0) is 18.9 Å². The second-order valence-electron chi connectivity index (χ2n) is 4.56. The fraction of sp³-hybridized carbons (Fsp3) is 0.500. The predicted molar refractivity (Wildman–Crippen MR) is 65.5 cm³/mol. The number of imidazole rings is 1. The number of H-pyrrole nitrogens is 1. The first-order valence-corrected chi connectivity index (χ1v) is 6.08. The summed E-state index contributed by atoms with van der Waals surface area (Å²) in [5.41, 5.74) is 2.10. The second-order valence-corrected chi connectivity index (χ2v) is 4.56. The SMILES string of the molecule is Cn1nccc1-c1cnc(CCNC2CC2)[nH]1. The molecule has 5 nitrogen and oxygen atoms in total. The summed E-state index contributed by atoms with van der Waals surface area (Å²) in [5.74, 6) is 1.04. The zero-order valence-corrected chi connectivity index (χ0v) is 9.98. The molecule has 2 N–H and O–H groups in total. The van der Waals surface area contributed by atoms with Crippen molar-refractivity contribution in [3.05, 3.63) is 24.3 Å². The number of aryl methyl sites for hydroxylation is 1. The average molecular weight is 231 g/mol. The van der Waals surface area contributed by atoms with Crippen LogP contribution in [-0.4, -0.2) is 32.3 Å². The fourth-order valence-corrected chi connectivity index (χ4v) is 1.94. The van der Waals surface area contributed by atoms with Gasteiger partial charge in [0.25, 0.3) is 0 Å². The molecule has 2 aromatic rings. The van der Waals surface area contributed by atoms with Gasteiger partial charge in [-0.1, -0.05) is 0 Å². The molecule has 5 heteroatoms. The van der Waals surface area contributed by atoms with Crippen LogP contribution in [0.25, 0.3) is 11.4 Å². The van der Waals surface area contributed by atoms with Crippen molar-refractivity contribution in [2.75, 3.05) is 6.54 Å². The van der Waals surface area contributed by atoms with E-state index in [4.69, 9.17) is 0 Å². The molecule has 0 bridgehead atoms. The molecule has 2 heterocycles. The van der Waals surface area contributed by atoms with E-state index < -0.39 is 0 Å². The summed E-state index contributed by atoms with van der Waals surface area (Å²) in [5, 5.41) is 7.64.